The van der Waals surface area contributed by atoms with Crippen molar-refractivity contribution in [2.24, 2.45) is 5.92 Å². The van der Waals surface area contributed by atoms with Gasteiger partial charge in [0.2, 0.25) is 5.91 Å². The first-order valence-electron chi connectivity index (χ1n) is 7.98. The molecule has 118 valence electrons. The summed E-state index contributed by atoms with van der Waals surface area (Å²) in [7, 11) is 0. The maximum absolute atomic E-state index is 12.1. The van der Waals surface area contributed by atoms with Crippen molar-refractivity contribution in [2.75, 3.05) is 6.61 Å². The molecular formula is C17H23N3O2. The number of nitrogens with one attached hydrogen (secondary N) is 1. The molecule has 2 aromatic rings. The second kappa shape index (κ2) is 6.48. The Balaban J connectivity index is 1.78. The molecule has 3 rings (SSSR count). The van der Waals surface area contributed by atoms with Gasteiger partial charge >= 0.3 is 0 Å². The number of ether oxygens (including phenoxy) is 1. The molecule has 1 aromatic heterocycles. The molecule has 1 unspecified atom stereocenters. The molecule has 22 heavy (non-hydrogen) atoms. The van der Waals surface area contributed by atoms with Crippen molar-refractivity contribution in [1.29, 1.82) is 0 Å². The highest BCUT2D eigenvalue weighted by Gasteiger charge is 2.23. The number of nitrogens with zero attached hydrogens (tertiary/aromatic N) is 2. The van der Waals surface area contributed by atoms with E-state index in [1.807, 2.05) is 18.2 Å². The molecule has 1 atom stereocenters. The van der Waals surface area contributed by atoms with Crippen molar-refractivity contribution in [2.45, 2.75) is 45.9 Å². The number of rotatable bonds is 5. The number of carbonyl (C=O) groups is 1. The van der Waals surface area contributed by atoms with Crippen LogP contribution in [0.15, 0.2) is 24.3 Å². The highest BCUT2D eigenvalue weighted by molar-refractivity contribution is 5.81. The zero-order valence-electron chi connectivity index (χ0n) is 13.2. The van der Waals surface area contributed by atoms with Crippen LogP contribution in [0.4, 0.5) is 0 Å². The second-order valence-electron chi connectivity index (χ2n) is 6.24. The molecule has 1 aliphatic rings. The molecule has 1 fully saturated rings. The molecule has 5 nitrogen and oxygen atoms in total. The van der Waals surface area contributed by atoms with E-state index in [-0.39, 0.29) is 12.0 Å². The topological polar surface area (TPSA) is 56.2 Å². The fraction of sp³-hybridized carbons (Fsp3) is 0.529. The Bertz CT molecular complexity index is 657. The molecular weight excluding hydrogens is 278 g/mol. The van der Waals surface area contributed by atoms with Crippen LogP contribution < -0.4 is 5.32 Å². The maximum Gasteiger partial charge on any atom is 0.249 e. The number of imidazole rings is 1. The maximum atomic E-state index is 12.1. The highest BCUT2D eigenvalue weighted by atomic mass is 16.5. The number of para-hydroxylation sites is 2. The lowest BCUT2D eigenvalue weighted by molar-refractivity contribution is -0.130. The molecule has 2 heterocycles. The van der Waals surface area contributed by atoms with Gasteiger partial charge in [0.05, 0.1) is 17.6 Å². The van der Waals surface area contributed by atoms with Crippen molar-refractivity contribution in [3.63, 3.8) is 0 Å². The fourth-order valence-corrected chi connectivity index (χ4v) is 2.89. The van der Waals surface area contributed by atoms with Crippen LogP contribution in [0.2, 0.25) is 0 Å². The smallest absolute Gasteiger partial charge is 0.249 e. The van der Waals surface area contributed by atoms with Crippen molar-refractivity contribution < 1.29 is 9.53 Å². The number of carbonyl (C=O) groups excluding carboxylic acids is 1. The van der Waals surface area contributed by atoms with E-state index >= 15 is 0 Å². The minimum atomic E-state index is -0.289. The Morgan fingerprint density at radius 3 is 3.00 bits per heavy atom. The number of hydrogen-bond donors (Lipinski definition) is 1. The van der Waals surface area contributed by atoms with Crippen LogP contribution in [0, 0.1) is 5.92 Å². The molecule has 5 heteroatoms. The molecule has 1 N–H and O–H groups in total. The summed E-state index contributed by atoms with van der Waals surface area (Å²) in [6.07, 6.45) is 1.49. The summed E-state index contributed by atoms with van der Waals surface area (Å²) in [6.45, 7) is 6.39. The molecule has 1 aliphatic heterocycles. The number of amides is 1. The number of benzene rings is 1. The van der Waals surface area contributed by atoms with E-state index in [9.17, 15) is 4.79 Å². The van der Waals surface area contributed by atoms with Crippen molar-refractivity contribution >= 4 is 16.9 Å². The predicted octanol–water partition coefficient (Wildman–Crippen LogP) is 2.49. The predicted molar refractivity (Wildman–Crippen MR) is 85.4 cm³/mol. The van der Waals surface area contributed by atoms with Gasteiger partial charge in [-0.25, -0.2) is 4.98 Å². The summed E-state index contributed by atoms with van der Waals surface area (Å²) < 4.78 is 7.62. The van der Waals surface area contributed by atoms with E-state index in [1.165, 1.54) is 0 Å². The van der Waals surface area contributed by atoms with Gasteiger partial charge in [0, 0.05) is 13.2 Å². The third-order valence-electron chi connectivity index (χ3n) is 3.92. The van der Waals surface area contributed by atoms with E-state index in [4.69, 9.17) is 4.74 Å². The van der Waals surface area contributed by atoms with Gasteiger partial charge in [-0.2, -0.15) is 0 Å². The zero-order chi connectivity index (χ0) is 15.5. The third kappa shape index (κ3) is 3.14. The minimum Gasteiger partial charge on any atom is -0.368 e. The van der Waals surface area contributed by atoms with Gasteiger partial charge in [0.1, 0.15) is 11.9 Å². The van der Waals surface area contributed by atoms with Crippen LogP contribution in [0.1, 0.15) is 32.5 Å². The molecule has 0 spiro atoms. The normalized spacial score (nSPS) is 18.2. The van der Waals surface area contributed by atoms with Gasteiger partial charge in [-0.3, -0.25) is 4.79 Å². The van der Waals surface area contributed by atoms with Crippen molar-refractivity contribution in [3.8, 4) is 0 Å². The Kier molecular flexibility index (Phi) is 4.43. The molecule has 0 radical (unpaired) electrons. The Labute approximate surface area is 130 Å². The molecule has 1 saturated heterocycles. The Morgan fingerprint density at radius 1 is 1.45 bits per heavy atom. The summed E-state index contributed by atoms with van der Waals surface area (Å²) >= 11 is 0. The van der Waals surface area contributed by atoms with Gasteiger partial charge in [-0.05, 0) is 30.9 Å². The van der Waals surface area contributed by atoms with Gasteiger partial charge in [-0.15, -0.1) is 0 Å². The first kappa shape index (κ1) is 15.0. The zero-order valence-corrected chi connectivity index (χ0v) is 13.2. The largest absolute Gasteiger partial charge is 0.368 e. The van der Waals surface area contributed by atoms with E-state index in [2.05, 4.69) is 34.8 Å². The van der Waals surface area contributed by atoms with Crippen LogP contribution >= 0.6 is 0 Å². The average Bonchev–Trinajstić information content (AvgIpc) is 3.13. The average molecular weight is 301 g/mol. The van der Waals surface area contributed by atoms with Crippen LogP contribution in [-0.4, -0.2) is 28.2 Å². The minimum absolute atomic E-state index is 0.0272. The molecule has 1 aromatic carbocycles. The first-order valence-corrected chi connectivity index (χ1v) is 7.98. The number of hydrogen-bond acceptors (Lipinski definition) is 3. The summed E-state index contributed by atoms with van der Waals surface area (Å²) in [5, 5.41) is 2.97. The molecule has 0 saturated carbocycles. The third-order valence-corrected chi connectivity index (χ3v) is 3.92. The van der Waals surface area contributed by atoms with Crippen LogP contribution in [0.5, 0.6) is 0 Å². The lowest BCUT2D eigenvalue weighted by atomic mass is 10.2. The second-order valence-corrected chi connectivity index (χ2v) is 6.24. The first-order chi connectivity index (χ1) is 10.6. The van der Waals surface area contributed by atoms with E-state index in [0.29, 0.717) is 19.1 Å². The quantitative estimate of drug-likeness (QED) is 0.923. The molecule has 1 amide bonds. The Hall–Kier alpha value is -1.88. The van der Waals surface area contributed by atoms with Gasteiger partial charge in [-0.1, -0.05) is 26.0 Å². The van der Waals surface area contributed by atoms with Crippen LogP contribution in [0.25, 0.3) is 11.0 Å². The van der Waals surface area contributed by atoms with Gasteiger partial charge < -0.3 is 14.6 Å². The summed E-state index contributed by atoms with van der Waals surface area (Å²) in [4.78, 5) is 16.8. The lowest BCUT2D eigenvalue weighted by Crippen LogP contribution is -2.34. The van der Waals surface area contributed by atoms with E-state index < -0.39 is 0 Å². The number of fused-ring (bicyclic) bond motifs is 1. The highest BCUT2D eigenvalue weighted by Crippen LogP contribution is 2.18. The fourth-order valence-electron chi connectivity index (χ4n) is 2.89. The van der Waals surface area contributed by atoms with Gasteiger partial charge in [0.15, 0.2) is 0 Å². The summed E-state index contributed by atoms with van der Waals surface area (Å²) in [5.74, 6) is 1.40. The SMILES string of the molecule is CC(C)Cn1c(CNC(=O)C2CCCO2)nc2ccccc21. The van der Waals surface area contributed by atoms with Gasteiger partial charge in [0.25, 0.3) is 0 Å². The monoisotopic (exact) mass is 301 g/mol. The van der Waals surface area contributed by atoms with Crippen LogP contribution in [-0.2, 0) is 22.6 Å². The van der Waals surface area contributed by atoms with Crippen molar-refractivity contribution in [1.82, 2.24) is 14.9 Å². The van der Waals surface area contributed by atoms with E-state index in [1.54, 1.807) is 0 Å². The Morgan fingerprint density at radius 2 is 2.27 bits per heavy atom. The van der Waals surface area contributed by atoms with Crippen LogP contribution in [0.3, 0.4) is 0 Å². The molecule has 0 bridgehead atoms. The summed E-state index contributed by atoms with van der Waals surface area (Å²) in [5.41, 5.74) is 2.10. The van der Waals surface area contributed by atoms with Crippen molar-refractivity contribution in [3.05, 3.63) is 30.1 Å². The number of aromatic nitrogens is 2. The summed E-state index contributed by atoms with van der Waals surface area (Å²) in [6, 6.07) is 8.10. The standard InChI is InChI=1S/C17H23N3O2/c1-12(2)11-20-14-7-4-3-6-13(14)19-16(20)10-18-17(21)15-8-5-9-22-15/h3-4,6-7,12,15H,5,8-11H2,1-2H3,(H,18,21). The molecule has 0 aliphatic carbocycles. The lowest BCUT2D eigenvalue weighted by Gasteiger charge is -2.13. The van der Waals surface area contributed by atoms with E-state index in [0.717, 1.165) is 36.2 Å².